The van der Waals surface area contributed by atoms with Crippen molar-refractivity contribution < 1.29 is 9.53 Å². The lowest BCUT2D eigenvalue weighted by molar-refractivity contribution is 0.0575. The number of ether oxygens (including phenoxy) is 1. The third-order valence-electron chi connectivity index (χ3n) is 8.28. The quantitative estimate of drug-likeness (QED) is 0.591. The largest absolute Gasteiger partial charge is 0.497 e. The number of carbonyl (C=O) groups is 1. The van der Waals surface area contributed by atoms with Crippen LogP contribution in [0.15, 0.2) is 30.6 Å². The maximum Gasteiger partial charge on any atom is 0.254 e. The Hall–Kier alpha value is -3.26. The monoisotopic (exact) mass is 486 g/mol. The molecule has 1 N–H and O–H groups in total. The highest BCUT2D eigenvalue weighted by Gasteiger charge is 2.33. The van der Waals surface area contributed by atoms with Gasteiger partial charge in [0, 0.05) is 24.3 Å². The van der Waals surface area contributed by atoms with E-state index >= 15 is 0 Å². The molecule has 1 amide bonds. The number of fused-ring (bicyclic) bond motifs is 4. The average molecular weight is 487 g/mol. The number of benzene rings is 1. The minimum Gasteiger partial charge on any atom is -0.497 e. The van der Waals surface area contributed by atoms with Crippen molar-refractivity contribution in [1.82, 2.24) is 30.0 Å². The second-order valence-electron chi connectivity index (χ2n) is 10.3. The molecule has 0 radical (unpaired) electrons. The molecule has 0 saturated carbocycles. The van der Waals surface area contributed by atoms with E-state index in [1.54, 1.807) is 18.0 Å². The highest BCUT2D eigenvalue weighted by Crippen LogP contribution is 2.35. The molecule has 3 aliphatic rings. The van der Waals surface area contributed by atoms with Crippen LogP contribution in [0, 0.1) is 12.8 Å². The molecule has 2 saturated heterocycles. The van der Waals surface area contributed by atoms with Crippen LogP contribution in [0.4, 0.5) is 0 Å². The zero-order chi connectivity index (χ0) is 24.6. The molecule has 188 valence electrons. The first-order chi connectivity index (χ1) is 17.6. The van der Waals surface area contributed by atoms with Crippen LogP contribution in [-0.4, -0.2) is 63.3 Å². The minimum atomic E-state index is -0.0697. The van der Waals surface area contributed by atoms with Gasteiger partial charge in [0.05, 0.1) is 30.3 Å². The van der Waals surface area contributed by atoms with Gasteiger partial charge in [0.2, 0.25) is 0 Å². The van der Waals surface area contributed by atoms with E-state index < -0.39 is 0 Å². The van der Waals surface area contributed by atoms with Gasteiger partial charge < -0.3 is 15.0 Å². The summed E-state index contributed by atoms with van der Waals surface area (Å²) in [6.45, 7) is 5.04. The van der Waals surface area contributed by atoms with Gasteiger partial charge in [-0.1, -0.05) is 12.5 Å². The third kappa shape index (κ3) is 4.17. The standard InChI is InChI=1S/C28H34N6O2/c1-18-24(27(35)29-15-20-6-5-13-33-12-4-3-7-25(20)33)17-31-34(18)28-30-16-21-9-8-19-10-11-22(36-2)14-23(19)26(21)32-28/h10-11,14,16-17,20,25H,3-9,12-13,15H2,1-2H3,(H,29,35)/t20-,25+/m0/s1. The zero-order valence-corrected chi connectivity index (χ0v) is 21.2. The molecule has 2 fully saturated rings. The topological polar surface area (TPSA) is 85.2 Å². The Bertz CT molecular complexity index is 1280. The Morgan fingerprint density at radius 3 is 2.86 bits per heavy atom. The van der Waals surface area contributed by atoms with E-state index in [1.165, 1.54) is 50.8 Å². The number of hydrogen-bond donors (Lipinski definition) is 1. The molecular weight excluding hydrogens is 452 g/mol. The lowest BCUT2D eigenvalue weighted by Gasteiger charge is -2.44. The first kappa shape index (κ1) is 23.2. The summed E-state index contributed by atoms with van der Waals surface area (Å²) in [5, 5.41) is 7.71. The molecule has 3 aromatic rings. The van der Waals surface area contributed by atoms with Crippen LogP contribution in [0.5, 0.6) is 5.75 Å². The molecule has 0 bridgehead atoms. The number of nitrogens with zero attached hydrogens (tertiary/aromatic N) is 5. The maximum absolute atomic E-state index is 13.1. The summed E-state index contributed by atoms with van der Waals surface area (Å²) >= 11 is 0. The van der Waals surface area contributed by atoms with E-state index in [9.17, 15) is 4.79 Å². The lowest BCUT2D eigenvalue weighted by Crippen LogP contribution is -2.51. The van der Waals surface area contributed by atoms with Gasteiger partial charge in [0.15, 0.2) is 0 Å². The summed E-state index contributed by atoms with van der Waals surface area (Å²) in [7, 11) is 1.68. The van der Waals surface area contributed by atoms with Crippen molar-refractivity contribution in [3.05, 3.63) is 53.0 Å². The van der Waals surface area contributed by atoms with Gasteiger partial charge >= 0.3 is 0 Å². The van der Waals surface area contributed by atoms with Gasteiger partial charge in [0.1, 0.15) is 5.75 Å². The lowest BCUT2D eigenvalue weighted by atomic mass is 9.83. The van der Waals surface area contributed by atoms with Crippen LogP contribution in [0.2, 0.25) is 0 Å². The molecule has 2 atom stereocenters. The SMILES string of the molecule is COc1ccc2c(c1)-c1nc(-n3ncc(C(=O)NC[C@@H]4CCCN5CCCC[C@H]45)c3C)ncc1CC2. The summed E-state index contributed by atoms with van der Waals surface area (Å²) in [6, 6.07) is 6.76. The first-order valence-corrected chi connectivity index (χ1v) is 13.2. The fraction of sp³-hybridized carbons (Fsp3) is 0.500. The van der Waals surface area contributed by atoms with Gasteiger partial charge in [-0.05, 0) is 87.7 Å². The van der Waals surface area contributed by atoms with Crippen LogP contribution in [0.25, 0.3) is 17.2 Å². The molecule has 8 heteroatoms. The van der Waals surface area contributed by atoms with Crippen LogP contribution >= 0.6 is 0 Å². The third-order valence-corrected chi connectivity index (χ3v) is 8.28. The fourth-order valence-corrected chi connectivity index (χ4v) is 6.27. The molecule has 1 aliphatic carbocycles. The number of amides is 1. The van der Waals surface area contributed by atoms with Gasteiger partial charge in [-0.25, -0.2) is 14.6 Å². The summed E-state index contributed by atoms with van der Waals surface area (Å²) in [5.74, 6) is 1.75. The van der Waals surface area contributed by atoms with Crippen molar-refractivity contribution >= 4 is 5.91 Å². The van der Waals surface area contributed by atoms with E-state index in [-0.39, 0.29) is 5.91 Å². The van der Waals surface area contributed by atoms with Crippen molar-refractivity contribution in [2.75, 3.05) is 26.7 Å². The molecule has 4 heterocycles. The Morgan fingerprint density at radius 2 is 1.97 bits per heavy atom. The zero-order valence-electron chi connectivity index (χ0n) is 21.2. The number of methoxy groups -OCH3 is 1. The van der Waals surface area contributed by atoms with E-state index in [0.29, 0.717) is 23.5 Å². The first-order valence-electron chi connectivity index (χ1n) is 13.2. The molecule has 6 rings (SSSR count). The molecule has 8 nitrogen and oxygen atoms in total. The van der Waals surface area contributed by atoms with Crippen LogP contribution < -0.4 is 10.1 Å². The number of piperidine rings is 2. The molecule has 2 aliphatic heterocycles. The Kier molecular flexibility index (Phi) is 6.21. The van der Waals surface area contributed by atoms with Crippen molar-refractivity contribution in [1.29, 1.82) is 0 Å². The molecular formula is C28H34N6O2. The molecule has 0 spiro atoms. The van der Waals surface area contributed by atoms with Gasteiger partial charge in [-0.15, -0.1) is 0 Å². The Morgan fingerprint density at radius 1 is 1.11 bits per heavy atom. The van der Waals surface area contributed by atoms with Crippen LogP contribution in [0.1, 0.15) is 59.3 Å². The van der Waals surface area contributed by atoms with Crippen molar-refractivity contribution in [2.45, 2.75) is 57.9 Å². The number of carbonyl (C=O) groups excluding carboxylic acids is 1. The van der Waals surface area contributed by atoms with Crippen molar-refractivity contribution in [3.8, 4) is 23.0 Å². The molecule has 36 heavy (non-hydrogen) atoms. The van der Waals surface area contributed by atoms with Crippen molar-refractivity contribution in [2.24, 2.45) is 5.92 Å². The summed E-state index contributed by atoms with van der Waals surface area (Å²) in [5.41, 5.74) is 5.68. The second kappa shape index (κ2) is 9.65. The van der Waals surface area contributed by atoms with Crippen LogP contribution in [-0.2, 0) is 12.8 Å². The number of rotatable bonds is 5. The smallest absolute Gasteiger partial charge is 0.254 e. The fourth-order valence-electron chi connectivity index (χ4n) is 6.27. The maximum atomic E-state index is 13.1. The molecule has 2 aromatic heterocycles. The van der Waals surface area contributed by atoms with E-state index in [2.05, 4.69) is 26.4 Å². The predicted octanol–water partition coefficient (Wildman–Crippen LogP) is 3.74. The Balaban J connectivity index is 1.21. The summed E-state index contributed by atoms with van der Waals surface area (Å²) < 4.78 is 7.12. The Labute approximate surface area is 212 Å². The summed E-state index contributed by atoms with van der Waals surface area (Å²) in [6.07, 6.45) is 11.7. The molecule has 0 unspecified atom stereocenters. The normalized spacial score (nSPS) is 21.3. The average Bonchev–Trinajstić information content (AvgIpc) is 3.32. The second-order valence-corrected chi connectivity index (χ2v) is 10.3. The highest BCUT2D eigenvalue weighted by atomic mass is 16.5. The van der Waals surface area contributed by atoms with Gasteiger partial charge in [0.25, 0.3) is 11.9 Å². The van der Waals surface area contributed by atoms with E-state index in [0.717, 1.165) is 47.7 Å². The van der Waals surface area contributed by atoms with Gasteiger partial charge in [-0.3, -0.25) is 4.79 Å². The number of hydrogen-bond acceptors (Lipinski definition) is 6. The number of aromatic nitrogens is 4. The van der Waals surface area contributed by atoms with E-state index in [4.69, 9.17) is 9.72 Å². The van der Waals surface area contributed by atoms with Crippen LogP contribution in [0.3, 0.4) is 0 Å². The number of aryl methyl sites for hydroxylation is 2. The summed E-state index contributed by atoms with van der Waals surface area (Å²) in [4.78, 5) is 25.3. The molecule has 1 aromatic carbocycles. The number of nitrogens with one attached hydrogen (secondary N) is 1. The van der Waals surface area contributed by atoms with Crippen molar-refractivity contribution in [3.63, 3.8) is 0 Å². The predicted molar refractivity (Wildman–Crippen MR) is 138 cm³/mol. The minimum absolute atomic E-state index is 0.0697. The van der Waals surface area contributed by atoms with E-state index in [1.807, 2.05) is 25.3 Å². The van der Waals surface area contributed by atoms with Gasteiger partial charge in [-0.2, -0.15) is 5.10 Å². The highest BCUT2D eigenvalue weighted by molar-refractivity contribution is 5.95.